The van der Waals surface area contributed by atoms with Gasteiger partial charge in [-0.15, -0.1) is 0 Å². The predicted octanol–water partition coefficient (Wildman–Crippen LogP) is 3.16. The molecule has 2 aromatic rings. The summed E-state index contributed by atoms with van der Waals surface area (Å²) < 4.78 is 35.9. The lowest BCUT2D eigenvalue weighted by Gasteiger charge is -2.08. The first kappa shape index (κ1) is 14.1. The van der Waals surface area contributed by atoms with Crippen LogP contribution in [0.15, 0.2) is 22.9 Å². The highest BCUT2D eigenvalue weighted by Crippen LogP contribution is 2.26. The Balaban J connectivity index is 2.48. The summed E-state index contributed by atoms with van der Waals surface area (Å²) in [6, 6.07) is 1.67. The zero-order valence-electron chi connectivity index (χ0n) is 10.9. The normalized spacial score (nSPS) is 10.8. The third-order valence-corrected chi connectivity index (χ3v) is 2.59. The van der Waals surface area contributed by atoms with Crippen molar-refractivity contribution in [3.63, 3.8) is 0 Å². The predicted molar refractivity (Wildman–Crippen MR) is 65.4 cm³/mol. The zero-order valence-corrected chi connectivity index (χ0v) is 10.9. The van der Waals surface area contributed by atoms with Crippen molar-refractivity contribution >= 4 is 5.97 Å². The fraction of sp³-hybridized carbons (Fsp3) is 0.308. The molecule has 5 nitrogen and oxygen atoms in total. The van der Waals surface area contributed by atoms with Crippen LogP contribution in [-0.2, 0) is 4.74 Å². The molecule has 106 valence electrons. The standard InChI is InChI=1S/C13H12F2N2O3/c1-3-19-13(18)8-6-16-12(17-9(8)11(14)15)10-7(2)4-5-20-10/h4-6,11H,3H2,1-2H3. The van der Waals surface area contributed by atoms with Crippen LogP contribution in [0, 0.1) is 6.92 Å². The van der Waals surface area contributed by atoms with E-state index in [0.29, 0.717) is 11.3 Å². The van der Waals surface area contributed by atoms with Crippen molar-refractivity contribution in [2.45, 2.75) is 20.3 Å². The number of nitrogens with zero attached hydrogens (tertiary/aromatic N) is 2. The molecule has 0 atom stereocenters. The number of halogens is 2. The third kappa shape index (κ3) is 2.66. The topological polar surface area (TPSA) is 65.2 Å². The van der Waals surface area contributed by atoms with Crippen molar-refractivity contribution in [3.8, 4) is 11.6 Å². The number of carbonyl (C=O) groups excluding carboxylic acids is 1. The van der Waals surface area contributed by atoms with Gasteiger partial charge in [-0.2, -0.15) is 0 Å². The number of aromatic nitrogens is 2. The third-order valence-electron chi connectivity index (χ3n) is 2.59. The molecule has 0 aliphatic carbocycles. The van der Waals surface area contributed by atoms with E-state index in [4.69, 9.17) is 9.15 Å². The van der Waals surface area contributed by atoms with Crippen molar-refractivity contribution in [1.82, 2.24) is 9.97 Å². The van der Waals surface area contributed by atoms with Gasteiger partial charge in [-0.05, 0) is 25.5 Å². The highest BCUT2D eigenvalue weighted by molar-refractivity contribution is 5.90. The summed E-state index contributed by atoms with van der Waals surface area (Å²) in [5, 5.41) is 0. The Hall–Kier alpha value is -2.31. The largest absolute Gasteiger partial charge is 0.462 e. The van der Waals surface area contributed by atoms with Crippen molar-refractivity contribution in [1.29, 1.82) is 0 Å². The number of alkyl halides is 2. The van der Waals surface area contributed by atoms with Crippen LogP contribution in [0.5, 0.6) is 0 Å². The zero-order chi connectivity index (χ0) is 14.7. The Kier molecular flexibility index (Phi) is 4.07. The van der Waals surface area contributed by atoms with Crippen LogP contribution < -0.4 is 0 Å². The fourth-order valence-electron chi connectivity index (χ4n) is 1.64. The van der Waals surface area contributed by atoms with Crippen LogP contribution in [-0.4, -0.2) is 22.5 Å². The Labute approximate surface area is 113 Å². The molecular formula is C13H12F2N2O3. The van der Waals surface area contributed by atoms with E-state index in [0.717, 1.165) is 6.20 Å². The summed E-state index contributed by atoms with van der Waals surface area (Å²) in [6.07, 6.45) is -0.467. The van der Waals surface area contributed by atoms with E-state index < -0.39 is 18.1 Å². The van der Waals surface area contributed by atoms with E-state index >= 15 is 0 Å². The summed E-state index contributed by atoms with van der Waals surface area (Å²) >= 11 is 0. The molecule has 0 aliphatic rings. The average molecular weight is 282 g/mol. The molecule has 20 heavy (non-hydrogen) atoms. The first-order valence-electron chi connectivity index (χ1n) is 5.91. The van der Waals surface area contributed by atoms with Crippen molar-refractivity contribution < 1.29 is 22.7 Å². The van der Waals surface area contributed by atoms with E-state index in [-0.39, 0.29) is 18.0 Å². The van der Waals surface area contributed by atoms with Gasteiger partial charge in [0.25, 0.3) is 6.43 Å². The molecule has 0 N–H and O–H groups in total. The number of rotatable bonds is 4. The summed E-state index contributed by atoms with van der Waals surface area (Å²) in [5.74, 6) is -0.566. The summed E-state index contributed by atoms with van der Waals surface area (Å²) in [4.78, 5) is 19.2. The second-order valence-corrected chi connectivity index (χ2v) is 3.95. The van der Waals surface area contributed by atoms with Crippen molar-refractivity contribution in [2.24, 2.45) is 0 Å². The Morgan fingerprint density at radius 3 is 2.80 bits per heavy atom. The monoisotopic (exact) mass is 282 g/mol. The molecular weight excluding hydrogens is 270 g/mol. The summed E-state index contributed by atoms with van der Waals surface area (Å²) in [6.45, 7) is 3.41. The fourth-order valence-corrected chi connectivity index (χ4v) is 1.64. The molecule has 0 saturated heterocycles. The van der Waals surface area contributed by atoms with Crippen LogP contribution in [0.4, 0.5) is 8.78 Å². The van der Waals surface area contributed by atoms with Gasteiger partial charge >= 0.3 is 5.97 Å². The van der Waals surface area contributed by atoms with E-state index in [1.165, 1.54) is 6.26 Å². The Bertz CT molecular complexity index is 626. The Morgan fingerprint density at radius 2 is 2.25 bits per heavy atom. The Morgan fingerprint density at radius 1 is 1.50 bits per heavy atom. The molecule has 0 amide bonds. The van der Waals surface area contributed by atoms with Crippen LogP contribution in [0.3, 0.4) is 0 Å². The second-order valence-electron chi connectivity index (χ2n) is 3.95. The van der Waals surface area contributed by atoms with E-state index in [9.17, 15) is 13.6 Å². The van der Waals surface area contributed by atoms with Gasteiger partial charge in [0.2, 0.25) is 0 Å². The number of furan rings is 1. The summed E-state index contributed by atoms with van der Waals surface area (Å²) in [7, 11) is 0. The minimum atomic E-state index is -2.91. The number of aryl methyl sites for hydroxylation is 1. The van der Waals surface area contributed by atoms with E-state index in [1.807, 2.05) is 0 Å². The van der Waals surface area contributed by atoms with Gasteiger partial charge in [0.05, 0.1) is 12.9 Å². The average Bonchev–Trinajstić information content (AvgIpc) is 2.84. The minimum Gasteiger partial charge on any atom is -0.462 e. The lowest BCUT2D eigenvalue weighted by molar-refractivity contribution is 0.0513. The molecule has 0 saturated carbocycles. The van der Waals surface area contributed by atoms with E-state index in [2.05, 4.69) is 9.97 Å². The molecule has 0 aromatic carbocycles. The van der Waals surface area contributed by atoms with Crippen LogP contribution >= 0.6 is 0 Å². The van der Waals surface area contributed by atoms with Gasteiger partial charge in [-0.1, -0.05) is 0 Å². The second kappa shape index (κ2) is 5.77. The quantitative estimate of drug-likeness (QED) is 0.806. The van der Waals surface area contributed by atoms with Gasteiger partial charge < -0.3 is 9.15 Å². The summed E-state index contributed by atoms with van der Waals surface area (Å²) in [5.41, 5.74) is -0.284. The lowest BCUT2D eigenvalue weighted by atomic mass is 10.2. The highest BCUT2D eigenvalue weighted by Gasteiger charge is 2.24. The molecule has 0 spiro atoms. The highest BCUT2D eigenvalue weighted by atomic mass is 19.3. The first-order chi connectivity index (χ1) is 9.54. The molecule has 0 bridgehead atoms. The smallest absolute Gasteiger partial charge is 0.341 e. The maximum Gasteiger partial charge on any atom is 0.341 e. The van der Waals surface area contributed by atoms with E-state index in [1.54, 1.807) is 19.9 Å². The molecule has 7 heteroatoms. The molecule has 0 radical (unpaired) electrons. The van der Waals surface area contributed by atoms with Crippen LogP contribution in [0.2, 0.25) is 0 Å². The molecule has 0 fully saturated rings. The first-order valence-corrected chi connectivity index (χ1v) is 5.91. The van der Waals surface area contributed by atoms with Gasteiger partial charge in [0.1, 0.15) is 11.3 Å². The van der Waals surface area contributed by atoms with Crippen molar-refractivity contribution in [2.75, 3.05) is 6.61 Å². The molecule has 2 heterocycles. The minimum absolute atomic E-state index is 0.0100. The number of esters is 1. The van der Waals surface area contributed by atoms with Gasteiger partial charge in [-0.3, -0.25) is 0 Å². The molecule has 2 rings (SSSR count). The SMILES string of the molecule is CCOC(=O)c1cnc(-c2occc2C)nc1C(F)F. The molecule has 0 unspecified atom stereocenters. The van der Waals surface area contributed by atoms with Gasteiger partial charge in [0.15, 0.2) is 11.6 Å². The van der Waals surface area contributed by atoms with Gasteiger partial charge in [0, 0.05) is 6.20 Å². The number of hydrogen-bond acceptors (Lipinski definition) is 5. The number of carbonyl (C=O) groups is 1. The maximum atomic E-state index is 13.0. The molecule has 2 aromatic heterocycles. The van der Waals surface area contributed by atoms with Gasteiger partial charge in [-0.25, -0.2) is 23.5 Å². The number of ether oxygens (including phenoxy) is 1. The lowest BCUT2D eigenvalue weighted by Crippen LogP contribution is -2.11. The maximum absolute atomic E-state index is 13.0. The molecule has 0 aliphatic heterocycles. The van der Waals surface area contributed by atoms with Crippen LogP contribution in [0.1, 0.15) is 35.0 Å². The van der Waals surface area contributed by atoms with Crippen LogP contribution in [0.25, 0.3) is 11.6 Å². The number of hydrogen-bond donors (Lipinski definition) is 0. The van der Waals surface area contributed by atoms with Crippen molar-refractivity contribution in [3.05, 3.63) is 35.3 Å².